The summed E-state index contributed by atoms with van der Waals surface area (Å²) in [7, 11) is 5.87. The molecule has 0 aliphatic heterocycles. The molecule has 0 aromatic carbocycles. The molecule has 0 bridgehead atoms. The summed E-state index contributed by atoms with van der Waals surface area (Å²) in [5.74, 6) is 0.813. The van der Waals surface area contributed by atoms with Gasteiger partial charge in [-0.05, 0) is 6.07 Å². The van der Waals surface area contributed by atoms with Crippen LogP contribution in [0.15, 0.2) is 30.7 Å². The molecular weight excluding hydrogens is 202 g/mol. The van der Waals surface area contributed by atoms with Crippen molar-refractivity contribution in [3.05, 3.63) is 30.7 Å². The van der Waals surface area contributed by atoms with E-state index in [2.05, 4.69) is 15.4 Å². The van der Waals surface area contributed by atoms with Gasteiger partial charge in [0.2, 0.25) is 0 Å². The van der Waals surface area contributed by atoms with Crippen LogP contribution >= 0.6 is 0 Å². The van der Waals surface area contributed by atoms with Gasteiger partial charge in [-0.3, -0.25) is 0 Å². The number of rotatable bonds is 3. The summed E-state index contributed by atoms with van der Waals surface area (Å²) in [5, 5.41) is 7.26. The Kier molecular flexibility index (Phi) is 2.76. The smallest absolute Gasteiger partial charge is 0.155 e. The Morgan fingerprint density at radius 2 is 2.19 bits per heavy atom. The summed E-state index contributed by atoms with van der Waals surface area (Å²) in [6.45, 7) is 0. The third-order valence-corrected chi connectivity index (χ3v) is 2.35. The Hall–Kier alpha value is -2.04. The van der Waals surface area contributed by atoms with E-state index in [1.807, 2.05) is 44.4 Å². The molecule has 0 fully saturated rings. The van der Waals surface area contributed by atoms with Crippen molar-refractivity contribution in [1.29, 1.82) is 0 Å². The van der Waals surface area contributed by atoms with Gasteiger partial charge in [-0.25, -0.2) is 9.67 Å². The lowest BCUT2D eigenvalue weighted by atomic mass is 10.3. The van der Waals surface area contributed by atoms with Crippen molar-refractivity contribution in [2.75, 3.05) is 31.4 Å². The van der Waals surface area contributed by atoms with E-state index < -0.39 is 0 Å². The number of nitrogens with one attached hydrogen (secondary N) is 1. The summed E-state index contributed by atoms with van der Waals surface area (Å²) >= 11 is 0. The van der Waals surface area contributed by atoms with E-state index in [9.17, 15) is 0 Å². The molecule has 84 valence electrons. The molecule has 16 heavy (non-hydrogen) atoms. The highest BCUT2D eigenvalue weighted by molar-refractivity contribution is 5.49. The molecule has 0 radical (unpaired) electrons. The van der Waals surface area contributed by atoms with Crippen LogP contribution < -0.4 is 10.2 Å². The van der Waals surface area contributed by atoms with Crippen LogP contribution in [0.1, 0.15) is 0 Å². The van der Waals surface area contributed by atoms with E-state index >= 15 is 0 Å². The van der Waals surface area contributed by atoms with E-state index in [4.69, 9.17) is 0 Å². The maximum atomic E-state index is 4.29. The van der Waals surface area contributed by atoms with Crippen molar-refractivity contribution in [3.63, 3.8) is 0 Å². The molecule has 2 heterocycles. The van der Waals surface area contributed by atoms with Crippen LogP contribution in [0, 0.1) is 0 Å². The fourth-order valence-electron chi connectivity index (χ4n) is 1.39. The lowest BCUT2D eigenvalue weighted by Crippen LogP contribution is -2.09. The maximum Gasteiger partial charge on any atom is 0.155 e. The first-order valence-electron chi connectivity index (χ1n) is 5.07. The second-order valence-corrected chi connectivity index (χ2v) is 3.69. The topological polar surface area (TPSA) is 46.0 Å². The molecule has 0 unspecified atom stereocenters. The third kappa shape index (κ3) is 1.98. The fraction of sp³-hybridized carbons (Fsp3) is 0.273. The first-order valence-corrected chi connectivity index (χ1v) is 5.07. The van der Waals surface area contributed by atoms with Gasteiger partial charge in [-0.1, -0.05) is 0 Å². The molecule has 0 aliphatic carbocycles. The van der Waals surface area contributed by atoms with E-state index in [1.54, 1.807) is 17.1 Å². The van der Waals surface area contributed by atoms with Crippen molar-refractivity contribution in [3.8, 4) is 5.82 Å². The zero-order chi connectivity index (χ0) is 11.5. The summed E-state index contributed by atoms with van der Waals surface area (Å²) in [6.07, 6.45) is 5.46. The monoisotopic (exact) mass is 217 g/mol. The second-order valence-electron chi connectivity index (χ2n) is 3.69. The highest BCUT2D eigenvalue weighted by atomic mass is 15.3. The summed E-state index contributed by atoms with van der Waals surface area (Å²) in [5.41, 5.74) is 2.07. The Balaban J connectivity index is 2.36. The van der Waals surface area contributed by atoms with Gasteiger partial charge in [0, 0.05) is 39.1 Å². The van der Waals surface area contributed by atoms with E-state index in [-0.39, 0.29) is 0 Å². The molecule has 2 rings (SSSR count). The Labute approximate surface area is 94.7 Å². The van der Waals surface area contributed by atoms with E-state index in [1.165, 1.54) is 0 Å². The predicted molar refractivity (Wildman–Crippen MR) is 65.2 cm³/mol. The minimum atomic E-state index is 0.813. The number of anilines is 2. The van der Waals surface area contributed by atoms with Crippen molar-refractivity contribution >= 4 is 11.4 Å². The summed E-state index contributed by atoms with van der Waals surface area (Å²) in [4.78, 5) is 6.32. The third-order valence-electron chi connectivity index (χ3n) is 2.35. The normalized spacial score (nSPS) is 10.2. The predicted octanol–water partition coefficient (Wildman–Crippen LogP) is 1.37. The van der Waals surface area contributed by atoms with Gasteiger partial charge in [0.15, 0.2) is 5.82 Å². The lowest BCUT2D eigenvalue weighted by Gasteiger charge is -2.12. The molecule has 0 aliphatic rings. The minimum Gasteiger partial charge on any atom is -0.386 e. The largest absolute Gasteiger partial charge is 0.386 e. The molecule has 0 saturated carbocycles. The van der Waals surface area contributed by atoms with Gasteiger partial charge in [-0.15, -0.1) is 0 Å². The van der Waals surface area contributed by atoms with Crippen molar-refractivity contribution in [2.45, 2.75) is 0 Å². The Morgan fingerprint density at radius 3 is 2.81 bits per heavy atom. The van der Waals surface area contributed by atoms with Gasteiger partial charge in [-0.2, -0.15) is 5.10 Å². The zero-order valence-corrected chi connectivity index (χ0v) is 9.68. The average Bonchev–Trinajstić information content (AvgIpc) is 2.77. The quantitative estimate of drug-likeness (QED) is 0.843. The molecule has 2 aromatic heterocycles. The van der Waals surface area contributed by atoms with Crippen LogP contribution in [0.2, 0.25) is 0 Å². The lowest BCUT2D eigenvalue weighted by molar-refractivity contribution is 0.845. The standard InChI is InChI=1S/C11H15N5/c1-12-9-7-14-16(8-9)11-6-10(15(2)3)4-5-13-11/h4-8,12H,1-3H3. The number of nitrogens with zero attached hydrogens (tertiary/aromatic N) is 4. The second kappa shape index (κ2) is 4.22. The molecule has 5 heteroatoms. The molecule has 5 nitrogen and oxygen atoms in total. The molecule has 2 aromatic rings. The van der Waals surface area contributed by atoms with Gasteiger partial charge < -0.3 is 10.2 Å². The van der Waals surface area contributed by atoms with E-state index in [0.717, 1.165) is 17.2 Å². The first kappa shape index (κ1) is 10.5. The highest BCUT2D eigenvalue weighted by Gasteiger charge is 2.03. The van der Waals surface area contributed by atoms with Gasteiger partial charge in [0.05, 0.1) is 18.1 Å². The number of hydrogen-bond acceptors (Lipinski definition) is 4. The van der Waals surface area contributed by atoms with Gasteiger partial charge in [0.25, 0.3) is 0 Å². The van der Waals surface area contributed by atoms with Crippen LogP contribution in [0.3, 0.4) is 0 Å². The minimum absolute atomic E-state index is 0.813. The Morgan fingerprint density at radius 1 is 1.38 bits per heavy atom. The average molecular weight is 217 g/mol. The fourth-order valence-corrected chi connectivity index (χ4v) is 1.39. The molecule has 0 spiro atoms. The number of hydrogen-bond donors (Lipinski definition) is 1. The molecular formula is C11H15N5. The summed E-state index contributed by atoms with van der Waals surface area (Å²) < 4.78 is 1.75. The van der Waals surface area contributed by atoms with Crippen molar-refractivity contribution in [1.82, 2.24) is 14.8 Å². The highest BCUT2D eigenvalue weighted by Crippen LogP contribution is 2.15. The van der Waals surface area contributed by atoms with Crippen LogP contribution in [-0.4, -0.2) is 35.9 Å². The van der Waals surface area contributed by atoms with Crippen molar-refractivity contribution in [2.24, 2.45) is 0 Å². The van der Waals surface area contributed by atoms with Crippen LogP contribution in [0.4, 0.5) is 11.4 Å². The first-order chi connectivity index (χ1) is 7.70. The SMILES string of the molecule is CNc1cnn(-c2cc(N(C)C)ccn2)c1. The number of aromatic nitrogens is 3. The van der Waals surface area contributed by atoms with Gasteiger partial charge >= 0.3 is 0 Å². The number of pyridine rings is 1. The van der Waals surface area contributed by atoms with Crippen LogP contribution in [-0.2, 0) is 0 Å². The molecule has 0 saturated heterocycles. The van der Waals surface area contributed by atoms with Crippen molar-refractivity contribution < 1.29 is 0 Å². The molecule has 0 atom stereocenters. The summed E-state index contributed by atoms with van der Waals surface area (Å²) in [6, 6.07) is 3.96. The zero-order valence-electron chi connectivity index (χ0n) is 9.68. The molecule has 0 amide bonds. The Bertz CT molecular complexity index is 475. The van der Waals surface area contributed by atoms with E-state index in [0.29, 0.717) is 0 Å². The van der Waals surface area contributed by atoms with Crippen LogP contribution in [0.25, 0.3) is 5.82 Å². The molecule has 1 N–H and O–H groups in total. The van der Waals surface area contributed by atoms with Gasteiger partial charge in [0.1, 0.15) is 0 Å². The van der Waals surface area contributed by atoms with Crippen LogP contribution in [0.5, 0.6) is 0 Å². The maximum absolute atomic E-state index is 4.29.